The molecule has 3 aliphatic carbocycles. The fourth-order valence-corrected chi connectivity index (χ4v) is 9.57. The summed E-state index contributed by atoms with van der Waals surface area (Å²) < 4.78 is 89.4. The van der Waals surface area contributed by atoms with Crippen molar-refractivity contribution in [2.24, 2.45) is 23.7 Å². The van der Waals surface area contributed by atoms with Crippen LogP contribution in [0.4, 0.5) is 17.6 Å². The van der Waals surface area contributed by atoms with Crippen molar-refractivity contribution in [1.29, 1.82) is 0 Å². The number of nitrogens with zero attached hydrogens (tertiary/aromatic N) is 1. The van der Waals surface area contributed by atoms with Crippen LogP contribution in [0.1, 0.15) is 77.6 Å². The van der Waals surface area contributed by atoms with E-state index in [9.17, 15) is 26.0 Å². The highest BCUT2D eigenvalue weighted by Crippen LogP contribution is 2.45. The van der Waals surface area contributed by atoms with Gasteiger partial charge in [0.25, 0.3) is 0 Å². The SMILES string of the molecule is CC1CC2CCCN(S(=O)(=O)C3CCCC(C(F)(F)F)C3)C2CC1OCC1C(F)CCCC1Cl. The van der Waals surface area contributed by atoms with Crippen LogP contribution >= 0.6 is 11.6 Å². The van der Waals surface area contributed by atoms with Gasteiger partial charge in [0.2, 0.25) is 10.0 Å². The van der Waals surface area contributed by atoms with Crippen LogP contribution in [-0.4, -0.2) is 61.0 Å². The second-order valence-corrected chi connectivity index (χ2v) is 13.8. The number of alkyl halides is 5. The van der Waals surface area contributed by atoms with E-state index in [0.717, 1.165) is 32.1 Å². The lowest BCUT2D eigenvalue weighted by Gasteiger charge is -2.49. The van der Waals surface area contributed by atoms with Crippen molar-refractivity contribution in [1.82, 2.24) is 4.31 Å². The largest absolute Gasteiger partial charge is 0.391 e. The first-order valence-corrected chi connectivity index (χ1v) is 14.9. The minimum atomic E-state index is -4.36. The van der Waals surface area contributed by atoms with Gasteiger partial charge < -0.3 is 4.74 Å². The molecule has 4 aliphatic rings. The Hall–Kier alpha value is -0.120. The van der Waals surface area contributed by atoms with E-state index in [0.29, 0.717) is 19.4 Å². The Labute approximate surface area is 206 Å². The number of hydrogen-bond donors (Lipinski definition) is 0. The van der Waals surface area contributed by atoms with E-state index in [-0.39, 0.29) is 67.6 Å². The highest BCUT2D eigenvalue weighted by atomic mass is 35.5. The normalized spacial score (nSPS) is 42.8. The number of rotatable bonds is 5. The lowest BCUT2D eigenvalue weighted by Crippen LogP contribution is -2.56. The van der Waals surface area contributed by atoms with Gasteiger partial charge in [-0.3, -0.25) is 0 Å². The van der Waals surface area contributed by atoms with Crippen LogP contribution in [0, 0.1) is 23.7 Å². The summed E-state index contributed by atoms with van der Waals surface area (Å²) in [5.41, 5.74) is 0. The summed E-state index contributed by atoms with van der Waals surface area (Å²) in [4.78, 5) is 0. The zero-order chi connectivity index (χ0) is 24.7. The third-order valence-electron chi connectivity index (χ3n) is 8.88. The van der Waals surface area contributed by atoms with E-state index in [4.69, 9.17) is 16.3 Å². The maximum atomic E-state index is 14.4. The van der Waals surface area contributed by atoms with Crippen molar-refractivity contribution in [3.05, 3.63) is 0 Å². The van der Waals surface area contributed by atoms with Gasteiger partial charge in [-0.2, -0.15) is 17.5 Å². The van der Waals surface area contributed by atoms with E-state index in [1.165, 1.54) is 4.31 Å². The summed E-state index contributed by atoms with van der Waals surface area (Å²) in [6.45, 7) is 2.68. The molecule has 1 heterocycles. The first-order chi connectivity index (χ1) is 16.0. The van der Waals surface area contributed by atoms with Crippen LogP contribution in [0.2, 0.25) is 0 Å². The molecule has 0 amide bonds. The molecule has 4 nitrogen and oxygen atoms in total. The molecule has 4 rings (SSSR count). The molecular weight excluding hydrogens is 494 g/mol. The van der Waals surface area contributed by atoms with Gasteiger partial charge in [0.15, 0.2) is 0 Å². The number of piperidine rings is 1. The molecule has 198 valence electrons. The van der Waals surface area contributed by atoms with Gasteiger partial charge in [-0.25, -0.2) is 12.8 Å². The topological polar surface area (TPSA) is 46.6 Å². The number of fused-ring (bicyclic) bond motifs is 1. The van der Waals surface area contributed by atoms with Crippen molar-refractivity contribution in [2.45, 2.75) is 113 Å². The molecule has 0 aromatic carbocycles. The molecule has 9 atom stereocenters. The number of halogens is 5. The van der Waals surface area contributed by atoms with Crippen molar-refractivity contribution in [2.75, 3.05) is 13.2 Å². The molecular formula is C24H38ClF4NO3S. The molecule has 9 unspecified atom stereocenters. The summed E-state index contributed by atoms with van der Waals surface area (Å²) in [6.07, 6.45) is -0.295. The molecule has 1 aliphatic heterocycles. The quantitative estimate of drug-likeness (QED) is 0.319. The average Bonchev–Trinajstić information content (AvgIpc) is 2.78. The molecule has 0 aromatic rings. The van der Waals surface area contributed by atoms with Gasteiger partial charge >= 0.3 is 6.18 Å². The Morgan fingerprint density at radius 1 is 1.00 bits per heavy atom. The fourth-order valence-electron chi connectivity index (χ4n) is 6.85. The third-order valence-corrected chi connectivity index (χ3v) is 11.8. The lowest BCUT2D eigenvalue weighted by molar-refractivity contribution is -0.181. The summed E-state index contributed by atoms with van der Waals surface area (Å²) in [6, 6.07) is -0.259. The van der Waals surface area contributed by atoms with Crippen molar-refractivity contribution >= 4 is 21.6 Å². The van der Waals surface area contributed by atoms with Crippen LogP contribution in [0.15, 0.2) is 0 Å². The highest BCUT2D eigenvalue weighted by Gasteiger charge is 2.50. The van der Waals surface area contributed by atoms with E-state index >= 15 is 0 Å². The molecule has 0 N–H and O–H groups in total. The second kappa shape index (κ2) is 10.7. The fraction of sp³-hybridized carbons (Fsp3) is 1.00. The van der Waals surface area contributed by atoms with Crippen LogP contribution in [0.25, 0.3) is 0 Å². The monoisotopic (exact) mass is 531 g/mol. The zero-order valence-corrected chi connectivity index (χ0v) is 21.4. The smallest absolute Gasteiger partial charge is 0.377 e. The van der Waals surface area contributed by atoms with Crippen LogP contribution in [-0.2, 0) is 14.8 Å². The summed E-state index contributed by atoms with van der Waals surface area (Å²) in [7, 11) is -3.85. The molecule has 34 heavy (non-hydrogen) atoms. The molecule has 0 bridgehead atoms. The van der Waals surface area contributed by atoms with Gasteiger partial charge in [0.05, 0.1) is 23.9 Å². The molecule has 10 heteroatoms. The van der Waals surface area contributed by atoms with Crippen molar-refractivity contribution < 1.29 is 30.7 Å². The van der Waals surface area contributed by atoms with Gasteiger partial charge in [-0.05, 0) is 76.0 Å². The summed E-state index contributed by atoms with van der Waals surface area (Å²) in [5, 5.41) is -1.23. The molecule has 0 radical (unpaired) electrons. The molecule has 1 saturated heterocycles. The summed E-state index contributed by atoms with van der Waals surface area (Å²) in [5.74, 6) is -1.50. The van der Waals surface area contributed by atoms with Crippen LogP contribution in [0.5, 0.6) is 0 Å². The van der Waals surface area contributed by atoms with E-state index < -0.39 is 33.5 Å². The minimum Gasteiger partial charge on any atom is -0.377 e. The first kappa shape index (κ1) is 26.9. The van der Waals surface area contributed by atoms with E-state index in [1.807, 2.05) is 0 Å². The van der Waals surface area contributed by atoms with Gasteiger partial charge in [-0.1, -0.05) is 13.3 Å². The predicted molar refractivity (Wildman–Crippen MR) is 124 cm³/mol. The molecule has 4 fully saturated rings. The van der Waals surface area contributed by atoms with Crippen molar-refractivity contribution in [3.8, 4) is 0 Å². The van der Waals surface area contributed by atoms with E-state index in [1.54, 1.807) is 0 Å². The first-order valence-electron chi connectivity index (χ1n) is 13.0. The maximum Gasteiger partial charge on any atom is 0.391 e. The van der Waals surface area contributed by atoms with Crippen LogP contribution in [0.3, 0.4) is 0 Å². The average molecular weight is 532 g/mol. The predicted octanol–water partition coefficient (Wildman–Crippen LogP) is 6.08. The second-order valence-electron chi connectivity index (χ2n) is 11.1. The Bertz CT molecular complexity index is 788. The van der Waals surface area contributed by atoms with Gasteiger partial charge in [-0.15, -0.1) is 11.6 Å². The van der Waals surface area contributed by atoms with Gasteiger partial charge in [0, 0.05) is 23.9 Å². The van der Waals surface area contributed by atoms with Gasteiger partial charge in [0.1, 0.15) is 6.17 Å². The maximum absolute atomic E-state index is 14.4. The lowest BCUT2D eigenvalue weighted by atomic mass is 9.73. The molecule has 0 aromatic heterocycles. The minimum absolute atomic E-state index is 0.00724. The standard InChI is InChI=1S/C24H38ClF4NO3S/c1-15-11-16-5-4-10-30(34(31,32)18-7-2-6-17(12-18)24(27,28)29)22(16)13-23(15)33-14-19-20(25)8-3-9-21(19)26/h15-23H,2-14H2,1H3. The van der Waals surface area contributed by atoms with E-state index in [2.05, 4.69) is 6.92 Å². The highest BCUT2D eigenvalue weighted by molar-refractivity contribution is 7.89. The summed E-state index contributed by atoms with van der Waals surface area (Å²) >= 11 is 6.37. The number of ether oxygens (including phenoxy) is 1. The van der Waals surface area contributed by atoms with Crippen molar-refractivity contribution in [3.63, 3.8) is 0 Å². The Morgan fingerprint density at radius 3 is 2.44 bits per heavy atom. The Morgan fingerprint density at radius 2 is 1.74 bits per heavy atom. The van der Waals surface area contributed by atoms with Crippen LogP contribution < -0.4 is 0 Å². The Kier molecular flexibility index (Phi) is 8.48. The number of sulfonamides is 1. The zero-order valence-electron chi connectivity index (χ0n) is 19.9. The third kappa shape index (κ3) is 5.72. The number of hydrogen-bond acceptors (Lipinski definition) is 3. The molecule has 0 spiro atoms. The molecule has 3 saturated carbocycles. The Balaban J connectivity index is 1.45.